The molecule has 0 saturated carbocycles. The molecule has 0 spiro atoms. The van der Waals surface area contributed by atoms with Gasteiger partial charge in [-0.1, -0.05) is 36.4 Å². The SMILES string of the molecule is CS(=O)(=O)c1ccc(-c2cccn3nc(N(c4cccc(N5CCOCC5)c4)N(c4cccc(N5CCOCC5)c4)c4nc5c(-c6ccc(S(C)(=O)=O)cc6)cccn5n4)nc23)cc1. The van der Waals surface area contributed by atoms with Crippen LogP contribution >= 0.6 is 0 Å². The van der Waals surface area contributed by atoms with E-state index in [1.165, 1.54) is 12.5 Å². The van der Waals surface area contributed by atoms with Gasteiger partial charge in [0.15, 0.2) is 31.0 Å². The molecule has 6 heterocycles. The smallest absolute Gasteiger partial charge is 0.269 e. The summed E-state index contributed by atoms with van der Waals surface area (Å²) in [5, 5.41) is 14.1. The van der Waals surface area contributed by atoms with E-state index in [-0.39, 0.29) is 9.79 Å². The fourth-order valence-electron chi connectivity index (χ4n) is 8.11. The average molecular weight is 897 g/mol. The number of rotatable bonds is 11. The van der Waals surface area contributed by atoms with Gasteiger partial charge >= 0.3 is 0 Å². The summed E-state index contributed by atoms with van der Waals surface area (Å²) in [4.78, 5) is 15.5. The standard InChI is InChI=1S/C46H44N10O6S2/c1-63(57,58)39-17-13-33(14-18-39)41-11-5-21-53-43(41)47-45(49-53)55(37-9-3-7-35(31-37)51-23-27-61-28-24-51)56(38-10-4-8-36(32-38)52-25-29-62-30-26-52)46-48-44-42(12-6-22-54(44)50-46)34-15-19-40(20-16-34)64(2,59)60/h3-22,31-32H,23-30H2,1-2H3. The van der Waals surface area contributed by atoms with Crippen molar-refractivity contribution >= 4 is 65.6 Å². The first-order valence-electron chi connectivity index (χ1n) is 20.8. The molecule has 64 heavy (non-hydrogen) atoms. The Balaban J connectivity index is 1.19. The highest BCUT2D eigenvalue weighted by Gasteiger charge is 2.31. The first-order chi connectivity index (χ1) is 31.0. The maximum Gasteiger partial charge on any atom is 0.269 e. The maximum absolute atomic E-state index is 12.3. The van der Waals surface area contributed by atoms with Crippen molar-refractivity contribution < 1.29 is 26.3 Å². The first kappa shape index (κ1) is 41.2. The van der Waals surface area contributed by atoms with E-state index in [2.05, 4.69) is 34.1 Å². The Hall–Kier alpha value is -6.86. The molecule has 2 aliphatic heterocycles. The summed E-state index contributed by atoms with van der Waals surface area (Å²) in [5.41, 5.74) is 7.57. The van der Waals surface area contributed by atoms with Crippen molar-refractivity contribution in [1.29, 1.82) is 0 Å². The van der Waals surface area contributed by atoms with Gasteiger partial charge in [0, 0.05) is 73.6 Å². The summed E-state index contributed by atoms with van der Waals surface area (Å²) in [5.74, 6) is 0.623. The van der Waals surface area contributed by atoms with Crippen molar-refractivity contribution in [3.63, 3.8) is 0 Å². The zero-order chi connectivity index (χ0) is 44.0. The minimum Gasteiger partial charge on any atom is -0.378 e. The number of pyridine rings is 2. The molecule has 326 valence electrons. The number of ether oxygens (including phenoxy) is 2. The minimum absolute atomic E-state index is 0.223. The van der Waals surface area contributed by atoms with Gasteiger partial charge in [-0.3, -0.25) is 0 Å². The number of sulfone groups is 2. The van der Waals surface area contributed by atoms with Gasteiger partial charge in [0.25, 0.3) is 11.9 Å². The molecule has 10 rings (SSSR count). The normalized spacial score (nSPS) is 14.9. The van der Waals surface area contributed by atoms with Crippen LogP contribution in [-0.4, -0.2) is 111 Å². The largest absolute Gasteiger partial charge is 0.378 e. The topological polar surface area (TPSA) is 160 Å². The lowest BCUT2D eigenvalue weighted by molar-refractivity contribution is 0.122. The van der Waals surface area contributed by atoms with E-state index in [4.69, 9.17) is 29.6 Å². The molecule has 0 amide bonds. The highest BCUT2D eigenvalue weighted by molar-refractivity contribution is 7.91. The average Bonchev–Trinajstić information content (AvgIpc) is 3.96. The molecule has 2 saturated heterocycles. The third-order valence-corrected chi connectivity index (χ3v) is 13.6. The first-order valence-corrected chi connectivity index (χ1v) is 24.5. The summed E-state index contributed by atoms with van der Waals surface area (Å²) < 4.78 is 64.2. The molecule has 2 aliphatic rings. The van der Waals surface area contributed by atoms with Gasteiger partial charge in [-0.2, -0.15) is 9.97 Å². The number of morpholine rings is 2. The van der Waals surface area contributed by atoms with Crippen LogP contribution in [0.25, 0.3) is 33.5 Å². The summed E-state index contributed by atoms with van der Waals surface area (Å²) >= 11 is 0. The van der Waals surface area contributed by atoms with E-state index in [0.717, 1.165) is 71.2 Å². The molecule has 16 nitrogen and oxygen atoms in total. The van der Waals surface area contributed by atoms with E-state index in [0.29, 0.717) is 49.6 Å². The third kappa shape index (κ3) is 8.11. The van der Waals surface area contributed by atoms with Crippen LogP contribution < -0.4 is 19.8 Å². The molecule has 4 aromatic carbocycles. The van der Waals surface area contributed by atoms with Gasteiger partial charge in [0.1, 0.15) is 0 Å². The Morgan fingerprint density at radius 3 is 1.27 bits per heavy atom. The number of fused-ring (bicyclic) bond motifs is 2. The van der Waals surface area contributed by atoms with E-state index < -0.39 is 19.7 Å². The van der Waals surface area contributed by atoms with E-state index in [1.807, 2.05) is 70.9 Å². The number of anilines is 6. The van der Waals surface area contributed by atoms with Gasteiger partial charge in [0.05, 0.1) is 47.6 Å². The maximum atomic E-state index is 12.3. The summed E-state index contributed by atoms with van der Waals surface area (Å²) in [6.07, 6.45) is 6.04. The van der Waals surface area contributed by atoms with E-state index in [1.54, 1.807) is 57.6 Å². The molecular formula is C46H44N10O6S2. The van der Waals surface area contributed by atoms with Crippen molar-refractivity contribution in [2.45, 2.75) is 9.79 Å². The van der Waals surface area contributed by atoms with Crippen molar-refractivity contribution in [3.8, 4) is 22.3 Å². The van der Waals surface area contributed by atoms with Crippen molar-refractivity contribution in [3.05, 3.63) is 134 Å². The predicted molar refractivity (Wildman–Crippen MR) is 246 cm³/mol. The van der Waals surface area contributed by atoms with Gasteiger partial charge in [-0.25, -0.2) is 35.9 Å². The van der Waals surface area contributed by atoms with Gasteiger partial charge in [-0.15, -0.1) is 10.2 Å². The van der Waals surface area contributed by atoms with Crippen LogP contribution in [0.4, 0.5) is 34.6 Å². The lowest BCUT2D eigenvalue weighted by Crippen LogP contribution is -2.39. The Morgan fingerprint density at radius 2 is 0.891 bits per heavy atom. The number of aromatic nitrogens is 6. The Labute approximate surface area is 370 Å². The Kier molecular flexibility index (Phi) is 10.7. The number of hydrogen-bond acceptors (Lipinski definition) is 14. The molecule has 0 atom stereocenters. The summed E-state index contributed by atoms with van der Waals surface area (Å²) in [7, 11) is -6.81. The van der Waals surface area contributed by atoms with Crippen LogP contribution in [0.1, 0.15) is 0 Å². The van der Waals surface area contributed by atoms with Gasteiger partial charge in [-0.05, 0) is 96.1 Å². The molecule has 0 bridgehead atoms. The molecule has 0 unspecified atom stereocenters. The van der Waals surface area contributed by atoms with E-state index in [9.17, 15) is 16.8 Å². The molecule has 0 aliphatic carbocycles. The van der Waals surface area contributed by atoms with Crippen LogP contribution in [0.3, 0.4) is 0 Å². The second-order valence-electron chi connectivity index (χ2n) is 15.7. The van der Waals surface area contributed by atoms with Crippen molar-refractivity contribution in [2.24, 2.45) is 0 Å². The van der Waals surface area contributed by atoms with Crippen molar-refractivity contribution in [2.75, 3.05) is 84.9 Å². The van der Waals surface area contributed by atoms with Crippen LogP contribution in [0.5, 0.6) is 0 Å². The second-order valence-corrected chi connectivity index (χ2v) is 19.7. The zero-order valence-corrected chi connectivity index (χ0v) is 36.7. The Bertz CT molecular complexity index is 3000. The highest BCUT2D eigenvalue weighted by atomic mass is 32.2. The molecule has 2 fully saturated rings. The molecule has 8 aromatic rings. The fourth-order valence-corrected chi connectivity index (χ4v) is 9.37. The van der Waals surface area contributed by atoms with Crippen LogP contribution in [0.15, 0.2) is 144 Å². The molecule has 0 radical (unpaired) electrons. The van der Waals surface area contributed by atoms with Crippen LogP contribution in [-0.2, 0) is 29.1 Å². The third-order valence-electron chi connectivity index (χ3n) is 11.4. The number of hydrazine groups is 1. The lowest BCUT2D eigenvalue weighted by Gasteiger charge is -2.35. The van der Waals surface area contributed by atoms with Gasteiger partial charge < -0.3 is 19.3 Å². The van der Waals surface area contributed by atoms with E-state index >= 15 is 0 Å². The summed E-state index contributed by atoms with van der Waals surface area (Å²) in [6.45, 7) is 5.36. The second kappa shape index (κ2) is 16.7. The molecular weight excluding hydrogens is 853 g/mol. The molecule has 0 N–H and O–H groups in total. The zero-order valence-electron chi connectivity index (χ0n) is 35.1. The number of benzene rings is 4. The van der Waals surface area contributed by atoms with Gasteiger partial charge in [0.2, 0.25) is 0 Å². The number of hydrogen-bond donors (Lipinski definition) is 0. The molecule has 4 aromatic heterocycles. The predicted octanol–water partition coefficient (Wildman–Crippen LogP) is 6.48. The fraction of sp³-hybridized carbons (Fsp3) is 0.217. The Morgan fingerprint density at radius 1 is 0.500 bits per heavy atom. The monoisotopic (exact) mass is 896 g/mol. The van der Waals surface area contributed by atoms with Crippen LogP contribution in [0, 0.1) is 0 Å². The minimum atomic E-state index is -3.40. The highest BCUT2D eigenvalue weighted by Crippen LogP contribution is 2.39. The molecule has 18 heteroatoms. The number of nitrogens with zero attached hydrogens (tertiary/aromatic N) is 10. The van der Waals surface area contributed by atoms with Crippen LogP contribution in [0.2, 0.25) is 0 Å². The quantitative estimate of drug-likeness (QED) is 0.130. The lowest BCUT2D eigenvalue weighted by atomic mass is 10.1. The van der Waals surface area contributed by atoms with Crippen molar-refractivity contribution in [1.82, 2.24) is 29.2 Å². The summed E-state index contributed by atoms with van der Waals surface area (Å²) in [6, 6.07) is 37.5.